The van der Waals surface area contributed by atoms with Gasteiger partial charge in [-0.1, -0.05) is 48.9 Å². The minimum absolute atomic E-state index is 0.123. The Hall–Kier alpha value is -3.02. The largest absolute Gasteiger partial charge is 0.484 e. The summed E-state index contributed by atoms with van der Waals surface area (Å²) in [4.78, 5) is 15.2. The van der Waals surface area contributed by atoms with E-state index < -0.39 is 5.91 Å². The highest BCUT2D eigenvalue weighted by Gasteiger charge is 2.38. The lowest BCUT2D eigenvalue weighted by atomic mass is 9.64. The molecule has 0 saturated heterocycles. The molecular weight excluding hydrogens is 352 g/mol. The minimum Gasteiger partial charge on any atom is -0.484 e. The van der Waals surface area contributed by atoms with E-state index in [1.807, 2.05) is 18.2 Å². The van der Waals surface area contributed by atoms with Crippen molar-refractivity contribution in [3.63, 3.8) is 0 Å². The molecule has 148 valence electrons. The number of ether oxygens (including phenoxy) is 1. The molecule has 6 nitrogen and oxygen atoms in total. The van der Waals surface area contributed by atoms with Crippen LogP contribution < -0.4 is 21.1 Å². The van der Waals surface area contributed by atoms with E-state index in [9.17, 15) is 4.79 Å². The molecule has 2 aromatic carbocycles. The molecule has 1 saturated carbocycles. The van der Waals surface area contributed by atoms with Crippen LogP contribution in [-0.2, 0) is 16.8 Å². The first-order valence-corrected chi connectivity index (χ1v) is 9.61. The van der Waals surface area contributed by atoms with Gasteiger partial charge in [0.05, 0.1) is 0 Å². The molecule has 1 aliphatic carbocycles. The summed E-state index contributed by atoms with van der Waals surface area (Å²) in [6, 6.07) is 18.3. The fourth-order valence-corrected chi connectivity index (χ4v) is 3.52. The molecule has 6 heteroatoms. The standard InChI is InChI=1S/C22H28N4O2/c1-24-21(25-14-17-7-5-10-19(13-17)28-15-20(23)27)26-16-22(11-6-12-22)18-8-3-2-4-9-18/h2-5,7-10,13H,6,11-12,14-16H2,1H3,(H2,23,27)(H2,24,25,26). The van der Waals surface area contributed by atoms with Crippen molar-refractivity contribution in [1.29, 1.82) is 0 Å². The van der Waals surface area contributed by atoms with Gasteiger partial charge in [-0.05, 0) is 36.1 Å². The van der Waals surface area contributed by atoms with Gasteiger partial charge in [0.15, 0.2) is 12.6 Å². The first kappa shape index (κ1) is 19.7. The van der Waals surface area contributed by atoms with Crippen molar-refractivity contribution >= 4 is 11.9 Å². The molecule has 1 amide bonds. The number of aliphatic imine (C=N–C) groups is 1. The third-order valence-electron chi connectivity index (χ3n) is 5.25. The molecule has 2 aromatic rings. The van der Waals surface area contributed by atoms with Crippen LogP contribution in [0.2, 0.25) is 0 Å². The van der Waals surface area contributed by atoms with Crippen molar-refractivity contribution < 1.29 is 9.53 Å². The number of carbonyl (C=O) groups excluding carboxylic acids is 1. The average molecular weight is 380 g/mol. The van der Waals surface area contributed by atoms with Crippen molar-refractivity contribution in [2.45, 2.75) is 31.2 Å². The van der Waals surface area contributed by atoms with Gasteiger partial charge in [0, 0.05) is 25.6 Å². The number of nitrogens with zero attached hydrogens (tertiary/aromatic N) is 1. The lowest BCUT2D eigenvalue weighted by Crippen LogP contribution is -2.48. The smallest absolute Gasteiger partial charge is 0.255 e. The molecule has 0 aromatic heterocycles. The number of benzene rings is 2. The second kappa shape index (κ2) is 9.26. The van der Waals surface area contributed by atoms with E-state index in [1.54, 1.807) is 13.1 Å². The van der Waals surface area contributed by atoms with Crippen molar-refractivity contribution in [2.24, 2.45) is 10.7 Å². The lowest BCUT2D eigenvalue weighted by molar-refractivity contribution is -0.119. The number of hydrogen-bond acceptors (Lipinski definition) is 3. The molecule has 4 N–H and O–H groups in total. The van der Waals surface area contributed by atoms with Crippen molar-refractivity contribution in [3.8, 4) is 5.75 Å². The van der Waals surface area contributed by atoms with Crippen LogP contribution >= 0.6 is 0 Å². The maximum atomic E-state index is 10.9. The summed E-state index contributed by atoms with van der Waals surface area (Å²) in [5.74, 6) is 0.903. The van der Waals surface area contributed by atoms with Crippen LogP contribution in [0.4, 0.5) is 0 Å². The van der Waals surface area contributed by atoms with Crippen LogP contribution in [0.15, 0.2) is 59.6 Å². The van der Waals surface area contributed by atoms with Gasteiger partial charge < -0.3 is 21.1 Å². The van der Waals surface area contributed by atoms with Crippen LogP contribution in [0.1, 0.15) is 30.4 Å². The van der Waals surface area contributed by atoms with Crippen LogP contribution in [0.3, 0.4) is 0 Å². The number of amides is 1. The van der Waals surface area contributed by atoms with E-state index in [0.717, 1.165) is 18.1 Å². The van der Waals surface area contributed by atoms with Gasteiger partial charge in [0.25, 0.3) is 5.91 Å². The molecule has 0 unspecified atom stereocenters. The maximum absolute atomic E-state index is 10.9. The van der Waals surface area contributed by atoms with Gasteiger partial charge >= 0.3 is 0 Å². The zero-order valence-electron chi connectivity index (χ0n) is 16.3. The second-order valence-electron chi connectivity index (χ2n) is 7.18. The Labute approximate surface area is 166 Å². The van der Waals surface area contributed by atoms with E-state index >= 15 is 0 Å². The number of primary amides is 1. The van der Waals surface area contributed by atoms with E-state index in [4.69, 9.17) is 10.5 Å². The predicted octanol–water partition coefficient (Wildman–Crippen LogP) is 2.34. The zero-order chi connectivity index (χ0) is 19.8. The molecule has 0 aliphatic heterocycles. The summed E-state index contributed by atoms with van der Waals surface area (Å²) < 4.78 is 5.36. The monoisotopic (exact) mass is 380 g/mol. The zero-order valence-corrected chi connectivity index (χ0v) is 16.3. The Bertz CT molecular complexity index is 816. The van der Waals surface area contributed by atoms with E-state index in [0.29, 0.717) is 12.3 Å². The SMILES string of the molecule is CN=C(NCc1cccc(OCC(N)=O)c1)NCC1(c2ccccc2)CCC1. The van der Waals surface area contributed by atoms with Gasteiger partial charge in [-0.25, -0.2) is 0 Å². The Morgan fingerprint density at radius 3 is 2.57 bits per heavy atom. The quantitative estimate of drug-likeness (QED) is 0.484. The Morgan fingerprint density at radius 1 is 1.14 bits per heavy atom. The summed E-state index contributed by atoms with van der Waals surface area (Å²) >= 11 is 0. The Morgan fingerprint density at radius 2 is 1.93 bits per heavy atom. The van der Waals surface area contributed by atoms with Crippen LogP contribution in [0, 0.1) is 0 Å². The first-order valence-electron chi connectivity index (χ1n) is 9.61. The van der Waals surface area contributed by atoms with Crippen molar-refractivity contribution in [1.82, 2.24) is 10.6 Å². The topological polar surface area (TPSA) is 88.7 Å². The van der Waals surface area contributed by atoms with Gasteiger partial charge in [0.2, 0.25) is 0 Å². The molecular formula is C22H28N4O2. The molecule has 1 aliphatic rings. The number of rotatable bonds is 8. The van der Waals surface area contributed by atoms with Gasteiger partial charge in [0.1, 0.15) is 5.75 Å². The molecule has 0 atom stereocenters. The molecule has 0 heterocycles. The second-order valence-corrected chi connectivity index (χ2v) is 7.18. The van der Waals surface area contributed by atoms with E-state index in [2.05, 4.69) is 46.0 Å². The maximum Gasteiger partial charge on any atom is 0.255 e. The fourth-order valence-electron chi connectivity index (χ4n) is 3.52. The summed E-state index contributed by atoms with van der Waals surface area (Å²) in [5.41, 5.74) is 7.74. The molecule has 1 fully saturated rings. The molecule has 0 radical (unpaired) electrons. The molecule has 3 rings (SSSR count). The highest BCUT2D eigenvalue weighted by atomic mass is 16.5. The Balaban J connectivity index is 1.54. The van der Waals surface area contributed by atoms with E-state index in [1.165, 1.54) is 24.8 Å². The summed E-state index contributed by atoms with van der Waals surface area (Å²) in [6.45, 7) is 1.34. The highest BCUT2D eigenvalue weighted by Crippen LogP contribution is 2.43. The number of carbonyl (C=O) groups is 1. The summed E-state index contributed by atoms with van der Waals surface area (Å²) in [7, 11) is 1.78. The van der Waals surface area contributed by atoms with Gasteiger partial charge in [-0.15, -0.1) is 0 Å². The lowest BCUT2D eigenvalue weighted by Gasteiger charge is -2.43. The van der Waals surface area contributed by atoms with Crippen molar-refractivity contribution in [3.05, 3.63) is 65.7 Å². The minimum atomic E-state index is -0.489. The third kappa shape index (κ3) is 5.03. The van der Waals surface area contributed by atoms with E-state index in [-0.39, 0.29) is 12.0 Å². The highest BCUT2D eigenvalue weighted by molar-refractivity contribution is 5.79. The first-order chi connectivity index (χ1) is 13.6. The number of nitrogens with two attached hydrogens (primary N) is 1. The third-order valence-corrected chi connectivity index (χ3v) is 5.25. The number of guanidine groups is 1. The molecule has 0 bridgehead atoms. The molecule has 28 heavy (non-hydrogen) atoms. The molecule has 0 spiro atoms. The van der Waals surface area contributed by atoms with Crippen molar-refractivity contribution in [2.75, 3.05) is 20.2 Å². The number of nitrogens with one attached hydrogen (secondary N) is 2. The number of hydrogen-bond donors (Lipinski definition) is 3. The normalized spacial score (nSPS) is 15.4. The average Bonchev–Trinajstić information content (AvgIpc) is 2.69. The van der Waals surface area contributed by atoms with Crippen LogP contribution in [0.5, 0.6) is 5.75 Å². The van der Waals surface area contributed by atoms with Crippen LogP contribution in [0.25, 0.3) is 0 Å². The predicted molar refractivity (Wildman–Crippen MR) is 111 cm³/mol. The fraction of sp³-hybridized carbons (Fsp3) is 0.364. The summed E-state index contributed by atoms with van der Waals surface area (Å²) in [6.07, 6.45) is 3.65. The van der Waals surface area contributed by atoms with Gasteiger partial charge in [-0.3, -0.25) is 9.79 Å². The van der Waals surface area contributed by atoms with Gasteiger partial charge in [-0.2, -0.15) is 0 Å². The van der Waals surface area contributed by atoms with Crippen LogP contribution in [-0.4, -0.2) is 32.1 Å². The Kier molecular flexibility index (Phi) is 6.53. The summed E-state index contributed by atoms with van der Waals surface area (Å²) in [5, 5.41) is 6.82.